The Bertz CT molecular complexity index is 276. The van der Waals surface area contributed by atoms with Crippen LogP contribution in [-0.2, 0) is 0 Å². The first-order valence-corrected chi connectivity index (χ1v) is 3.44. The number of ether oxygens (including phenoxy) is 1. The first-order valence-electron chi connectivity index (χ1n) is 3.44. The van der Waals surface area contributed by atoms with Crippen LogP contribution in [0.2, 0.25) is 0 Å². The predicted octanol–water partition coefficient (Wildman–Crippen LogP) is 2.34. The van der Waals surface area contributed by atoms with Crippen LogP contribution in [0.25, 0.3) is 0 Å². The Hall–Kier alpha value is -1.19. The van der Waals surface area contributed by atoms with Crippen molar-refractivity contribution in [2.24, 2.45) is 0 Å². The molecule has 0 aliphatic carbocycles. The highest BCUT2D eigenvalue weighted by Gasteiger charge is 2.14. The number of rotatable bonds is 2. The molecule has 0 fully saturated rings. The summed E-state index contributed by atoms with van der Waals surface area (Å²) in [4.78, 5) is 3.56. The van der Waals surface area contributed by atoms with Crippen molar-refractivity contribution < 1.29 is 13.5 Å². The molecule has 0 saturated heterocycles. The van der Waals surface area contributed by atoms with E-state index in [-0.39, 0.29) is 5.69 Å². The van der Waals surface area contributed by atoms with Gasteiger partial charge < -0.3 is 4.74 Å². The minimum absolute atomic E-state index is 0.214. The van der Waals surface area contributed by atoms with Crippen molar-refractivity contribution in [3.63, 3.8) is 0 Å². The van der Waals surface area contributed by atoms with Crippen LogP contribution in [0.4, 0.5) is 8.78 Å². The van der Waals surface area contributed by atoms with E-state index in [0.29, 0.717) is 11.3 Å². The number of pyridine rings is 1. The molecule has 1 heterocycles. The molecule has 0 saturated carbocycles. The van der Waals surface area contributed by atoms with Crippen LogP contribution in [0.1, 0.15) is 17.7 Å². The molecule has 4 heteroatoms. The summed E-state index contributed by atoms with van der Waals surface area (Å²) in [5.41, 5.74) is 0.185. The quantitative estimate of drug-likeness (QED) is 0.684. The van der Waals surface area contributed by atoms with Gasteiger partial charge in [0.1, 0.15) is 11.4 Å². The van der Waals surface area contributed by atoms with Crippen LogP contribution in [0.5, 0.6) is 5.75 Å². The Balaban J connectivity index is 3.14. The Kier molecular flexibility index (Phi) is 2.58. The molecule has 0 aliphatic heterocycles. The maximum atomic E-state index is 12.2. The Morgan fingerprint density at radius 3 is 2.67 bits per heavy atom. The second-order valence-corrected chi connectivity index (χ2v) is 2.32. The van der Waals surface area contributed by atoms with Crippen LogP contribution in [0, 0.1) is 6.92 Å². The molecule has 2 nitrogen and oxygen atoms in total. The van der Waals surface area contributed by atoms with E-state index >= 15 is 0 Å². The lowest BCUT2D eigenvalue weighted by atomic mass is 10.2. The van der Waals surface area contributed by atoms with Gasteiger partial charge in [-0.3, -0.25) is 4.98 Å². The van der Waals surface area contributed by atoms with Gasteiger partial charge in [0.15, 0.2) is 0 Å². The molecule has 0 N–H and O–H groups in total. The Morgan fingerprint density at radius 1 is 1.50 bits per heavy atom. The van der Waals surface area contributed by atoms with Crippen molar-refractivity contribution >= 4 is 0 Å². The molecular formula is C8H9F2NO. The zero-order valence-electron chi connectivity index (χ0n) is 6.84. The van der Waals surface area contributed by atoms with Gasteiger partial charge >= 0.3 is 0 Å². The minimum atomic E-state index is -2.54. The lowest BCUT2D eigenvalue weighted by Gasteiger charge is -2.07. The number of alkyl halides is 2. The van der Waals surface area contributed by atoms with Crippen LogP contribution in [0.3, 0.4) is 0 Å². The van der Waals surface area contributed by atoms with E-state index in [0.717, 1.165) is 0 Å². The standard InChI is InChI=1S/C8H9F2NO/c1-5-6(12-2)3-4-11-7(5)8(9)10/h3-4,8H,1-2H3. The van der Waals surface area contributed by atoms with Crippen molar-refractivity contribution in [3.8, 4) is 5.75 Å². The number of halogens is 2. The smallest absolute Gasteiger partial charge is 0.280 e. The van der Waals surface area contributed by atoms with Gasteiger partial charge in [0.25, 0.3) is 6.43 Å². The molecule has 0 radical (unpaired) electrons. The van der Waals surface area contributed by atoms with E-state index in [1.165, 1.54) is 13.3 Å². The van der Waals surface area contributed by atoms with E-state index in [9.17, 15) is 8.78 Å². The molecule has 0 bridgehead atoms. The molecule has 0 atom stereocenters. The average molecular weight is 173 g/mol. The molecule has 0 spiro atoms. The van der Waals surface area contributed by atoms with Crippen molar-refractivity contribution in [2.45, 2.75) is 13.3 Å². The van der Waals surface area contributed by atoms with Gasteiger partial charge in [-0.2, -0.15) is 0 Å². The predicted molar refractivity (Wildman–Crippen MR) is 40.5 cm³/mol. The fourth-order valence-electron chi connectivity index (χ4n) is 0.974. The SMILES string of the molecule is COc1ccnc(C(F)F)c1C. The van der Waals surface area contributed by atoms with Crippen LogP contribution >= 0.6 is 0 Å². The minimum Gasteiger partial charge on any atom is -0.496 e. The number of hydrogen-bond acceptors (Lipinski definition) is 2. The van der Waals surface area contributed by atoms with E-state index < -0.39 is 6.43 Å². The second-order valence-electron chi connectivity index (χ2n) is 2.32. The van der Waals surface area contributed by atoms with E-state index in [1.54, 1.807) is 13.0 Å². The molecular weight excluding hydrogens is 164 g/mol. The van der Waals surface area contributed by atoms with Gasteiger partial charge in [-0.15, -0.1) is 0 Å². The molecule has 0 amide bonds. The number of nitrogens with zero attached hydrogens (tertiary/aromatic N) is 1. The summed E-state index contributed by atoms with van der Waals surface area (Å²) in [6, 6.07) is 1.56. The second kappa shape index (κ2) is 3.47. The normalized spacial score (nSPS) is 10.4. The summed E-state index contributed by atoms with van der Waals surface area (Å²) in [6.45, 7) is 1.56. The topological polar surface area (TPSA) is 22.1 Å². The third-order valence-electron chi connectivity index (χ3n) is 1.62. The lowest BCUT2D eigenvalue weighted by molar-refractivity contribution is 0.144. The largest absolute Gasteiger partial charge is 0.496 e. The highest BCUT2D eigenvalue weighted by molar-refractivity contribution is 5.34. The lowest BCUT2D eigenvalue weighted by Crippen LogP contribution is -1.97. The molecule has 0 unspecified atom stereocenters. The summed E-state index contributed by atoms with van der Waals surface area (Å²) >= 11 is 0. The number of methoxy groups -OCH3 is 1. The Labute approximate surface area is 69.2 Å². The Morgan fingerprint density at radius 2 is 2.17 bits per heavy atom. The zero-order chi connectivity index (χ0) is 9.14. The van der Waals surface area contributed by atoms with Crippen molar-refractivity contribution in [1.29, 1.82) is 0 Å². The molecule has 12 heavy (non-hydrogen) atoms. The average Bonchev–Trinajstić information content (AvgIpc) is 2.04. The monoisotopic (exact) mass is 173 g/mol. The van der Waals surface area contributed by atoms with Gasteiger partial charge in [-0.05, 0) is 13.0 Å². The van der Waals surface area contributed by atoms with E-state index in [2.05, 4.69) is 4.98 Å². The summed E-state index contributed by atoms with van der Waals surface area (Å²) in [5.74, 6) is 0.445. The third-order valence-corrected chi connectivity index (χ3v) is 1.62. The molecule has 0 aliphatic rings. The third kappa shape index (κ3) is 1.52. The summed E-state index contributed by atoms with van der Waals surface area (Å²) in [6.07, 6.45) is -1.23. The first kappa shape index (κ1) is 8.90. The van der Waals surface area contributed by atoms with E-state index in [1.807, 2.05) is 0 Å². The van der Waals surface area contributed by atoms with Gasteiger partial charge in [0.05, 0.1) is 7.11 Å². The highest BCUT2D eigenvalue weighted by atomic mass is 19.3. The van der Waals surface area contributed by atoms with E-state index in [4.69, 9.17) is 4.74 Å². The van der Waals surface area contributed by atoms with Crippen molar-refractivity contribution in [2.75, 3.05) is 7.11 Å². The van der Waals surface area contributed by atoms with Crippen LogP contribution in [-0.4, -0.2) is 12.1 Å². The highest BCUT2D eigenvalue weighted by Crippen LogP contribution is 2.26. The van der Waals surface area contributed by atoms with Crippen LogP contribution < -0.4 is 4.74 Å². The molecule has 0 aromatic carbocycles. The molecule has 1 aromatic rings. The number of aromatic nitrogens is 1. The summed E-state index contributed by atoms with van der Waals surface area (Å²) in [7, 11) is 1.44. The van der Waals surface area contributed by atoms with Gasteiger partial charge in [-0.1, -0.05) is 0 Å². The maximum Gasteiger partial charge on any atom is 0.280 e. The molecule has 1 rings (SSSR count). The molecule has 1 aromatic heterocycles. The van der Waals surface area contributed by atoms with Crippen molar-refractivity contribution in [1.82, 2.24) is 4.98 Å². The zero-order valence-corrected chi connectivity index (χ0v) is 6.84. The first-order chi connectivity index (χ1) is 5.66. The fourth-order valence-corrected chi connectivity index (χ4v) is 0.974. The van der Waals surface area contributed by atoms with Crippen molar-refractivity contribution in [3.05, 3.63) is 23.5 Å². The summed E-state index contributed by atoms with van der Waals surface area (Å²) < 4.78 is 29.3. The van der Waals surface area contributed by atoms with Gasteiger partial charge in [0.2, 0.25) is 0 Å². The molecule has 66 valence electrons. The number of hydrogen-bond donors (Lipinski definition) is 0. The van der Waals surface area contributed by atoms with Gasteiger partial charge in [-0.25, -0.2) is 8.78 Å². The van der Waals surface area contributed by atoms with Crippen LogP contribution in [0.15, 0.2) is 12.3 Å². The van der Waals surface area contributed by atoms with Gasteiger partial charge in [0, 0.05) is 11.8 Å². The fraction of sp³-hybridized carbons (Fsp3) is 0.375. The summed E-state index contributed by atoms with van der Waals surface area (Å²) in [5, 5.41) is 0. The maximum absolute atomic E-state index is 12.2.